The SMILES string of the molecule is Cn1c(-c2ccccc2)c(-c2ccc(-c3ccc(Nc4ccc5c(c4)C(C)(C)c4ccccc4-5)cc3)cc2)c2ccccc21. The van der Waals surface area contributed by atoms with Gasteiger partial charge in [0, 0.05) is 40.3 Å². The Morgan fingerprint density at radius 3 is 1.86 bits per heavy atom. The summed E-state index contributed by atoms with van der Waals surface area (Å²) in [4.78, 5) is 0. The normalized spacial score (nSPS) is 13.1. The van der Waals surface area contributed by atoms with Crippen LogP contribution in [0.2, 0.25) is 0 Å². The molecule has 0 spiro atoms. The summed E-state index contributed by atoms with van der Waals surface area (Å²) in [5.74, 6) is 0. The maximum Gasteiger partial charge on any atom is 0.0568 e. The van der Waals surface area contributed by atoms with E-state index in [1.54, 1.807) is 0 Å². The summed E-state index contributed by atoms with van der Waals surface area (Å²) in [6.07, 6.45) is 0. The van der Waals surface area contributed by atoms with Gasteiger partial charge in [-0.05, 0) is 74.8 Å². The molecule has 1 aromatic heterocycles. The molecule has 0 unspecified atom stereocenters. The van der Waals surface area contributed by atoms with E-state index >= 15 is 0 Å². The molecule has 0 saturated carbocycles. The van der Waals surface area contributed by atoms with Crippen LogP contribution in [0.25, 0.3) is 55.5 Å². The number of nitrogens with one attached hydrogen (secondary N) is 1. The molecule has 1 aliphatic carbocycles. The Labute approximate surface area is 259 Å². The molecular weight excluding hydrogens is 532 g/mol. The van der Waals surface area contributed by atoms with Gasteiger partial charge in [0.25, 0.3) is 0 Å². The van der Waals surface area contributed by atoms with Gasteiger partial charge in [0.05, 0.1) is 5.69 Å². The third-order valence-corrected chi connectivity index (χ3v) is 9.42. The number of benzene rings is 6. The molecule has 44 heavy (non-hydrogen) atoms. The van der Waals surface area contributed by atoms with Crippen molar-refractivity contribution >= 4 is 22.3 Å². The van der Waals surface area contributed by atoms with E-state index in [1.807, 2.05) is 0 Å². The van der Waals surface area contributed by atoms with Crippen LogP contribution in [0.4, 0.5) is 11.4 Å². The van der Waals surface area contributed by atoms with Gasteiger partial charge in [-0.1, -0.05) is 129 Å². The topological polar surface area (TPSA) is 17.0 Å². The minimum Gasteiger partial charge on any atom is -0.356 e. The zero-order chi connectivity index (χ0) is 29.8. The van der Waals surface area contributed by atoms with Gasteiger partial charge in [0.1, 0.15) is 0 Å². The van der Waals surface area contributed by atoms with E-state index in [1.165, 1.54) is 66.7 Å². The molecule has 0 amide bonds. The largest absolute Gasteiger partial charge is 0.356 e. The third-order valence-electron chi connectivity index (χ3n) is 9.42. The van der Waals surface area contributed by atoms with Crippen LogP contribution in [0.1, 0.15) is 25.0 Å². The minimum absolute atomic E-state index is 0.00641. The highest BCUT2D eigenvalue weighted by atomic mass is 15.0. The molecule has 0 atom stereocenters. The van der Waals surface area contributed by atoms with E-state index in [2.05, 4.69) is 176 Å². The van der Waals surface area contributed by atoms with Crippen molar-refractivity contribution in [3.05, 3.63) is 157 Å². The Bertz CT molecular complexity index is 2150. The number of aryl methyl sites for hydroxylation is 1. The maximum atomic E-state index is 3.65. The molecule has 7 aromatic rings. The number of anilines is 2. The van der Waals surface area contributed by atoms with Crippen LogP contribution in [0.5, 0.6) is 0 Å². The molecule has 6 aromatic carbocycles. The maximum absolute atomic E-state index is 3.65. The van der Waals surface area contributed by atoms with Gasteiger partial charge >= 0.3 is 0 Å². The average molecular weight is 567 g/mol. The van der Waals surface area contributed by atoms with Gasteiger partial charge in [-0.15, -0.1) is 0 Å². The third kappa shape index (κ3) is 4.18. The summed E-state index contributed by atoms with van der Waals surface area (Å²) in [5.41, 5.74) is 16.3. The first-order valence-corrected chi connectivity index (χ1v) is 15.3. The number of hydrogen-bond donors (Lipinski definition) is 1. The highest BCUT2D eigenvalue weighted by Crippen LogP contribution is 2.49. The Morgan fingerprint density at radius 1 is 0.500 bits per heavy atom. The van der Waals surface area contributed by atoms with Crippen molar-refractivity contribution in [2.45, 2.75) is 19.3 Å². The first-order chi connectivity index (χ1) is 21.5. The Balaban J connectivity index is 1.07. The zero-order valence-electron chi connectivity index (χ0n) is 25.3. The number of rotatable bonds is 5. The van der Waals surface area contributed by atoms with Crippen molar-refractivity contribution < 1.29 is 0 Å². The van der Waals surface area contributed by atoms with Gasteiger partial charge in [0.2, 0.25) is 0 Å². The zero-order valence-corrected chi connectivity index (χ0v) is 25.3. The van der Waals surface area contributed by atoms with Crippen LogP contribution in [0, 0.1) is 0 Å². The van der Waals surface area contributed by atoms with Crippen molar-refractivity contribution in [3.8, 4) is 44.6 Å². The van der Waals surface area contributed by atoms with Crippen molar-refractivity contribution in [1.82, 2.24) is 4.57 Å². The van der Waals surface area contributed by atoms with Crippen LogP contribution < -0.4 is 5.32 Å². The van der Waals surface area contributed by atoms with E-state index in [4.69, 9.17) is 0 Å². The predicted molar refractivity (Wildman–Crippen MR) is 187 cm³/mol. The predicted octanol–water partition coefficient (Wildman–Crippen LogP) is 11.2. The van der Waals surface area contributed by atoms with E-state index in [0.717, 1.165) is 11.4 Å². The Hall–Kier alpha value is -5.34. The lowest BCUT2D eigenvalue weighted by Gasteiger charge is -2.22. The molecule has 8 rings (SSSR count). The second-order valence-corrected chi connectivity index (χ2v) is 12.4. The summed E-state index contributed by atoms with van der Waals surface area (Å²) in [7, 11) is 2.17. The first-order valence-electron chi connectivity index (χ1n) is 15.3. The molecule has 1 N–H and O–H groups in total. The summed E-state index contributed by atoms with van der Waals surface area (Å²) in [6.45, 7) is 4.65. The molecule has 0 saturated heterocycles. The molecule has 2 nitrogen and oxygen atoms in total. The quantitative estimate of drug-likeness (QED) is 0.219. The van der Waals surface area contributed by atoms with Crippen molar-refractivity contribution in [2.75, 3.05) is 5.32 Å². The number of aromatic nitrogens is 1. The van der Waals surface area contributed by atoms with Gasteiger partial charge in [-0.2, -0.15) is 0 Å². The van der Waals surface area contributed by atoms with E-state index in [0.29, 0.717) is 0 Å². The fourth-order valence-electron chi connectivity index (χ4n) is 7.14. The van der Waals surface area contributed by atoms with Crippen molar-refractivity contribution in [3.63, 3.8) is 0 Å². The van der Waals surface area contributed by atoms with Gasteiger partial charge in [-0.25, -0.2) is 0 Å². The second kappa shape index (κ2) is 10.1. The van der Waals surface area contributed by atoms with Crippen LogP contribution in [-0.4, -0.2) is 4.57 Å². The monoisotopic (exact) mass is 566 g/mol. The Kier molecular flexibility index (Phi) is 6.06. The van der Waals surface area contributed by atoms with Crippen LogP contribution in [0.15, 0.2) is 146 Å². The summed E-state index contributed by atoms with van der Waals surface area (Å²) < 4.78 is 2.32. The summed E-state index contributed by atoms with van der Waals surface area (Å²) in [5, 5.41) is 4.92. The Morgan fingerprint density at radius 2 is 1.09 bits per heavy atom. The van der Waals surface area contributed by atoms with Crippen LogP contribution >= 0.6 is 0 Å². The standard InChI is InChI=1S/C42H34N2/c1-42(2)37-15-9-7-13-34(37)35-26-25-33(27-38(35)42)43-32-23-21-29(22-24-32)28-17-19-30(20-18-28)40-36-14-8-10-16-39(36)44(3)41(40)31-11-5-4-6-12-31/h4-27,43H,1-3H3. The molecule has 0 bridgehead atoms. The lowest BCUT2D eigenvalue weighted by atomic mass is 9.82. The van der Waals surface area contributed by atoms with Crippen molar-refractivity contribution in [1.29, 1.82) is 0 Å². The molecule has 2 heteroatoms. The molecule has 1 aliphatic rings. The molecule has 0 aliphatic heterocycles. The van der Waals surface area contributed by atoms with E-state index in [9.17, 15) is 0 Å². The fourth-order valence-corrected chi connectivity index (χ4v) is 7.14. The van der Waals surface area contributed by atoms with Gasteiger partial charge < -0.3 is 9.88 Å². The van der Waals surface area contributed by atoms with E-state index < -0.39 is 0 Å². The molecule has 1 heterocycles. The fraction of sp³-hybridized carbons (Fsp3) is 0.0952. The lowest BCUT2D eigenvalue weighted by molar-refractivity contribution is 0.660. The molecule has 0 fully saturated rings. The van der Waals surface area contributed by atoms with Crippen LogP contribution in [0.3, 0.4) is 0 Å². The van der Waals surface area contributed by atoms with Gasteiger partial charge in [-0.3, -0.25) is 0 Å². The second-order valence-electron chi connectivity index (χ2n) is 12.4. The summed E-state index contributed by atoms with van der Waals surface area (Å²) >= 11 is 0. The molecule has 212 valence electrons. The molecule has 0 radical (unpaired) electrons. The summed E-state index contributed by atoms with van der Waals surface area (Å²) in [6, 6.07) is 52.7. The van der Waals surface area contributed by atoms with Crippen molar-refractivity contribution in [2.24, 2.45) is 7.05 Å². The average Bonchev–Trinajstić information content (AvgIpc) is 3.49. The highest BCUT2D eigenvalue weighted by molar-refractivity contribution is 6.04. The van der Waals surface area contributed by atoms with E-state index in [-0.39, 0.29) is 5.41 Å². The highest BCUT2D eigenvalue weighted by Gasteiger charge is 2.35. The number of hydrogen-bond acceptors (Lipinski definition) is 1. The number of fused-ring (bicyclic) bond motifs is 4. The van der Waals surface area contributed by atoms with Crippen LogP contribution in [-0.2, 0) is 12.5 Å². The number of para-hydroxylation sites is 1. The number of nitrogens with zero attached hydrogens (tertiary/aromatic N) is 1. The van der Waals surface area contributed by atoms with Gasteiger partial charge in [0.15, 0.2) is 0 Å². The lowest BCUT2D eigenvalue weighted by Crippen LogP contribution is -2.15. The molecular formula is C42H34N2. The minimum atomic E-state index is -0.00641. The first kappa shape index (κ1) is 26.3. The smallest absolute Gasteiger partial charge is 0.0568 e.